The first kappa shape index (κ1) is 26.1. The van der Waals surface area contributed by atoms with Crippen LogP contribution in [0.5, 0.6) is 0 Å². The molecule has 0 unspecified atom stereocenters. The van der Waals surface area contributed by atoms with E-state index in [1.165, 1.54) is 10.3 Å². The Morgan fingerprint density at radius 3 is 2.41 bits per heavy atom. The van der Waals surface area contributed by atoms with Crippen LogP contribution in [0.1, 0.15) is 75.8 Å². The minimum atomic E-state index is -2.69. The van der Waals surface area contributed by atoms with Gasteiger partial charge in [-0.1, -0.05) is 26.8 Å². The highest BCUT2D eigenvalue weighted by Gasteiger charge is 2.45. The van der Waals surface area contributed by atoms with Crippen molar-refractivity contribution >= 4 is 33.4 Å². The Morgan fingerprint density at radius 2 is 1.84 bits per heavy atom. The van der Waals surface area contributed by atoms with Gasteiger partial charge in [-0.3, -0.25) is 9.59 Å². The lowest BCUT2D eigenvalue weighted by Gasteiger charge is -2.35. The summed E-state index contributed by atoms with van der Waals surface area (Å²) in [5, 5.41) is 3.86. The average Bonchev–Trinajstić information content (AvgIpc) is 3.15. The third-order valence-corrected chi connectivity index (χ3v) is 6.73. The number of benzene rings is 1. The number of nitrogens with one attached hydrogen (secondary N) is 1. The van der Waals surface area contributed by atoms with Crippen molar-refractivity contribution in [2.45, 2.75) is 83.1 Å². The van der Waals surface area contributed by atoms with Gasteiger partial charge in [-0.15, -0.1) is 11.3 Å². The van der Waals surface area contributed by atoms with Gasteiger partial charge in [0.05, 0.1) is 20.8 Å². The number of fused-ring (bicyclic) bond motifs is 1. The lowest BCUT2D eigenvalue weighted by atomic mass is 9.80. The smallest absolute Gasteiger partial charge is 0.248 e. The number of nitrogens with zero attached hydrogens (tertiary/aromatic N) is 1. The lowest BCUT2D eigenvalue weighted by molar-refractivity contribution is -0.131. The van der Waals surface area contributed by atoms with Crippen LogP contribution in [0, 0.1) is 0 Å². The predicted molar refractivity (Wildman–Crippen MR) is 125 cm³/mol. The molecule has 1 aliphatic rings. The maximum Gasteiger partial charge on any atom is 0.248 e. The van der Waals surface area contributed by atoms with Crippen LogP contribution in [-0.2, 0) is 16.0 Å². The van der Waals surface area contributed by atoms with E-state index < -0.39 is 11.5 Å². The zero-order valence-electron chi connectivity index (χ0n) is 19.0. The van der Waals surface area contributed by atoms with E-state index in [9.17, 15) is 18.4 Å². The molecule has 2 aromatic rings. The summed E-state index contributed by atoms with van der Waals surface area (Å²) in [7, 11) is 0. The number of aromatic nitrogens is 1. The number of hydrogen-bond acceptors (Lipinski definition) is 5. The Bertz CT molecular complexity index is 920. The molecule has 1 aromatic carbocycles. The third kappa shape index (κ3) is 7.48. The second kappa shape index (κ2) is 11.1. The third-order valence-electron chi connectivity index (χ3n) is 5.65. The van der Waals surface area contributed by atoms with Crippen molar-refractivity contribution in [1.29, 1.82) is 0 Å². The normalized spacial score (nSPS) is 17.0. The molecule has 32 heavy (non-hydrogen) atoms. The van der Waals surface area contributed by atoms with Gasteiger partial charge in [-0.05, 0) is 42.9 Å². The zero-order valence-corrected chi connectivity index (χ0v) is 19.9. The number of rotatable bonds is 7. The molecule has 9 heteroatoms. The molecule has 3 rings (SSSR count). The SMILES string of the molecule is CC(C)c1ccc2nc(CCCNC(=O)C3(N)CCC(F)(F)CC3)sc2c1.CCC(N)=O. The molecule has 1 heterocycles. The number of halogens is 2. The number of aryl methyl sites for hydroxylation is 1. The Kier molecular flexibility index (Phi) is 9.09. The highest BCUT2D eigenvalue weighted by molar-refractivity contribution is 7.18. The number of carbonyl (C=O) groups is 2. The maximum absolute atomic E-state index is 13.3. The average molecular weight is 469 g/mol. The monoisotopic (exact) mass is 468 g/mol. The van der Waals surface area contributed by atoms with Gasteiger partial charge in [0.15, 0.2) is 0 Å². The molecule has 2 amide bonds. The quantitative estimate of drug-likeness (QED) is 0.527. The fourth-order valence-corrected chi connectivity index (χ4v) is 4.42. The van der Waals surface area contributed by atoms with E-state index in [4.69, 9.17) is 5.73 Å². The summed E-state index contributed by atoms with van der Waals surface area (Å²) in [6, 6.07) is 6.37. The largest absolute Gasteiger partial charge is 0.370 e. The van der Waals surface area contributed by atoms with E-state index in [2.05, 4.69) is 48.1 Å². The van der Waals surface area contributed by atoms with Gasteiger partial charge in [0, 0.05) is 32.2 Å². The van der Waals surface area contributed by atoms with Crippen molar-refractivity contribution in [2.24, 2.45) is 11.5 Å². The summed E-state index contributed by atoms with van der Waals surface area (Å²) in [5.74, 6) is -2.77. The van der Waals surface area contributed by atoms with Crippen molar-refractivity contribution in [3.05, 3.63) is 28.8 Å². The van der Waals surface area contributed by atoms with Crippen molar-refractivity contribution in [1.82, 2.24) is 10.3 Å². The maximum atomic E-state index is 13.3. The summed E-state index contributed by atoms with van der Waals surface area (Å²) in [5.41, 5.74) is 11.9. The van der Waals surface area contributed by atoms with Crippen LogP contribution in [0.25, 0.3) is 10.2 Å². The van der Waals surface area contributed by atoms with E-state index >= 15 is 0 Å². The van der Waals surface area contributed by atoms with Gasteiger partial charge < -0.3 is 16.8 Å². The molecule has 5 N–H and O–H groups in total. The molecule has 0 atom stereocenters. The Labute approximate surface area is 192 Å². The number of hydrogen-bond donors (Lipinski definition) is 3. The molecule has 178 valence electrons. The summed E-state index contributed by atoms with van der Waals surface area (Å²) in [4.78, 5) is 26.5. The minimum Gasteiger partial charge on any atom is -0.370 e. The number of alkyl halides is 2. The highest BCUT2D eigenvalue weighted by Crippen LogP contribution is 2.37. The van der Waals surface area contributed by atoms with Crippen LogP contribution in [0.3, 0.4) is 0 Å². The molecular weight excluding hydrogens is 434 g/mol. The van der Waals surface area contributed by atoms with Crippen LogP contribution in [0.4, 0.5) is 8.78 Å². The molecule has 1 fully saturated rings. The van der Waals surface area contributed by atoms with E-state index in [0.29, 0.717) is 18.9 Å². The van der Waals surface area contributed by atoms with Crippen LogP contribution in [0.15, 0.2) is 18.2 Å². The molecular formula is C23H34F2N4O2S. The van der Waals surface area contributed by atoms with Gasteiger partial charge in [0.1, 0.15) is 0 Å². The summed E-state index contributed by atoms with van der Waals surface area (Å²) in [6.45, 7) is 6.54. The number of amides is 2. The van der Waals surface area contributed by atoms with Crippen molar-refractivity contribution in [3.8, 4) is 0 Å². The fraction of sp³-hybridized carbons (Fsp3) is 0.609. The highest BCUT2D eigenvalue weighted by atomic mass is 32.1. The number of thiazole rings is 1. The number of primary amides is 1. The van der Waals surface area contributed by atoms with Gasteiger partial charge in [0.25, 0.3) is 0 Å². The van der Waals surface area contributed by atoms with Crippen LogP contribution >= 0.6 is 11.3 Å². The van der Waals surface area contributed by atoms with E-state index in [-0.39, 0.29) is 37.5 Å². The van der Waals surface area contributed by atoms with E-state index in [1.807, 2.05) is 0 Å². The van der Waals surface area contributed by atoms with E-state index in [0.717, 1.165) is 23.4 Å². The standard InChI is InChI=1S/C20H27F2N3OS.C3H7NO/c1-13(2)14-5-6-15-16(12-14)27-17(25-15)4-3-11-24-18(26)19(23)7-9-20(21,22)10-8-19;1-2-3(4)5/h5-6,12-13H,3-4,7-11,23H2,1-2H3,(H,24,26);2H2,1H3,(H2,4,5). The predicted octanol–water partition coefficient (Wildman–Crippen LogP) is 4.26. The number of nitrogens with two attached hydrogens (primary N) is 2. The van der Waals surface area contributed by atoms with Gasteiger partial charge in [-0.25, -0.2) is 13.8 Å². The Hall–Kier alpha value is -2.13. The molecule has 1 aliphatic carbocycles. The summed E-state index contributed by atoms with van der Waals surface area (Å²) >= 11 is 1.68. The molecule has 0 bridgehead atoms. The molecule has 0 aliphatic heterocycles. The first-order valence-corrected chi connectivity index (χ1v) is 11.9. The van der Waals surface area contributed by atoms with Crippen LogP contribution < -0.4 is 16.8 Å². The van der Waals surface area contributed by atoms with Gasteiger partial charge in [-0.2, -0.15) is 0 Å². The lowest BCUT2D eigenvalue weighted by Crippen LogP contribution is -2.57. The Balaban J connectivity index is 0.000000654. The zero-order chi connectivity index (χ0) is 23.9. The topological polar surface area (TPSA) is 111 Å². The fourth-order valence-electron chi connectivity index (χ4n) is 3.36. The van der Waals surface area contributed by atoms with Crippen molar-refractivity contribution in [3.63, 3.8) is 0 Å². The first-order chi connectivity index (χ1) is 15.0. The minimum absolute atomic E-state index is 0.0297. The van der Waals surface area contributed by atoms with Crippen molar-refractivity contribution in [2.75, 3.05) is 6.54 Å². The van der Waals surface area contributed by atoms with Gasteiger partial charge >= 0.3 is 0 Å². The van der Waals surface area contributed by atoms with E-state index in [1.54, 1.807) is 18.3 Å². The second-order valence-corrected chi connectivity index (χ2v) is 9.80. The van der Waals surface area contributed by atoms with Crippen LogP contribution in [0.2, 0.25) is 0 Å². The van der Waals surface area contributed by atoms with Crippen LogP contribution in [-0.4, -0.2) is 34.8 Å². The molecule has 0 spiro atoms. The van der Waals surface area contributed by atoms with Gasteiger partial charge in [0.2, 0.25) is 17.7 Å². The molecule has 6 nitrogen and oxygen atoms in total. The molecule has 0 radical (unpaired) electrons. The number of carbonyl (C=O) groups excluding carboxylic acids is 2. The molecule has 1 saturated carbocycles. The second-order valence-electron chi connectivity index (χ2n) is 8.68. The molecule has 1 aromatic heterocycles. The van der Waals surface area contributed by atoms with Crippen molar-refractivity contribution < 1.29 is 18.4 Å². The Morgan fingerprint density at radius 1 is 1.22 bits per heavy atom. The first-order valence-electron chi connectivity index (χ1n) is 11.1. The molecule has 0 saturated heterocycles. The summed E-state index contributed by atoms with van der Waals surface area (Å²) in [6.07, 6.45) is 1.38. The summed E-state index contributed by atoms with van der Waals surface area (Å²) < 4.78 is 27.7.